The molecule has 1 aromatic heterocycles. The summed E-state index contributed by atoms with van der Waals surface area (Å²) >= 11 is 1.10. The lowest BCUT2D eigenvalue weighted by molar-refractivity contribution is -0.388. The number of esters is 1. The Morgan fingerprint density at radius 3 is 2.95 bits per heavy atom. The van der Waals surface area contributed by atoms with Gasteiger partial charge in [0, 0.05) is 17.5 Å². The van der Waals surface area contributed by atoms with Crippen LogP contribution in [0.25, 0.3) is 0 Å². The Bertz CT molecular complexity index is 541. The summed E-state index contributed by atoms with van der Waals surface area (Å²) in [5, 5.41) is 19.6. The quantitative estimate of drug-likeness (QED) is 0.351. The Morgan fingerprint density at radius 2 is 2.42 bits per heavy atom. The number of methoxy groups -OCH3 is 1. The molecule has 1 rings (SSSR count). The summed E-state index contributed by atoms with van der Waals surface area (Å²) in [6, 6.07) is 2.96. The summed E-state index contributed by atoms with van der Waals surface area (Å²) in [4.78, 5) is 25.3. The van der Waals surface area contributed by atoms with Crippen molar-refractivity contribution in [2.75, 3.05) is 7.11 Å². The zero-order chi connectivity index (χ0) is 14.4. The van der Waals surface area contributed by atoms with Crippen LogP contribution < -0.4 is 0 Å². The van der Waals surface area contributed by atoms with Crippen molar-refractivity contribution in [2.45, 2.75) is 23.6 Å². The predicted molar refractivity (Wildman–Crippen MR) is 67.6 cm³/mol. The van der Waals surface area contributed by atoms with Crippen LogP contribution in [0.3, 0.4) is 0 Å². The van der Waals surface area contributed by atoms with Crippen LogP contribution in [0.5, 0.6) is 0 Å². The third kappa shape index (κ3) is 4.22. The molecule has 0 spiro atoms. The van der Waals surface area contributed by atoms with Crippen LogP contribution in [0.4, 0.5) is 5.69 Å². The minimum absolute atomic E-state index is 0.122. The standard InChI is InChI=1S/C11H11N3O4S/c1-7(3-10(15)18-2)19-11-9(14(16)17)4-8(5-12)6-13-11/h4,6-7H,3H2,1-2H3. The van der Waals surface area contributed by atoms with Gasteiger partial charge in [0.05, 0.1) is 24.0 Å². The summed E-state index contributed by atoms with van der Waals surface area (Å²) in [6.07, 6.45) is 1.39. The van der Waals surface area contributed by atoms with Gasteiger partial charge >= 0.3 is 11.7 Å². The van der Waals surface area contributed by atoms with Gasteiger partial charge in [0.25, 0.3) is 0 Å². The van der Waals surface area contributed by atoms with Crippen molar-refractivity contribution in [3.63, 3.8) is 0 Å². The molecule has 7 nitrogen and oxygen atoms in total. The maximum absolute atomic E-state index is 11.1. The Kier molecular flexibility index (Phi) is 5.26. The first kappa shape index (κ1) is 14.9. The third-order valence-electron chi connectivity index (χ3n) is 2.15. The van der Waals surface area contributed by atoms with Crippen molar-refractivity contribution >= 4 is 23.4 Å². The van der Waals surface area contributed by atoms with E-state index in [4.69, 9.17) is 5.26 Å². The number of hydrogen-bond acceptors (Lipinski definition) is 7. The molecule has 0 aliphatic carbocycles. The molecule has 0 saturated carbocycles. The van der Waals surface area contributed by atoms with Gasteiger partial charge in [-0.15, -0.1) is 0 Å². The molecular weight excluding hydrogens is 270 g/mol. The average Bonchev–Trinajstić information content (AvgIpc) is 2.38. The van der Waals surface area contributed by atoms with Gasteiger partial charge in [-0.2, -0.15) is 5.26 Å². The van der Waals surface area contributed by atoms with Crippen LogP contribution in [-0.4, -0.2) is 28.2 Å². The number of thioether (sulfide) groups is 1. The molecule has 0 amide bonds. The van der Waals surface area contributed by atoms with Gasteiger partial charge in [-0.3, -0.25) is 14.9 Å². The van der Waals surface area contributed by atoms with Crippen molar-refractivity contribution in [2.24, 2.45) is 0 Å². The summed E-state index contributed by atoms with van der Waals surface area (Å²) in [5.41, 5.74) is -0.113. The summed E-state index contributed by atoms with van der Waals surface area (Å²) in [5.74, 6) is -0.392. The van der Waals surface area contributed by atoms with E-state index in [0.717, 1.165) is 11.8 Å². The molecule has 0 N–H and O–H groups in total. The lowest BCUT2D eigenvalue weighted by Gasteiger charge is -2.09. The van der Waals surface area contributed by atoms with Gasteiger partial charge in [0.15, 0.2) is 5.03 Å². The Morgan fingerprint density at radius 1 is 1.74 bits per heavy atom. The number of aromatic nitrogens is 1. The molecule has 1 aromatic rings. The number of rotatable bonds is 5. The molecule has 0 saturated heterocycles. The van der Waals surface area contributed by atoms with E-state index in [9.17, 15) is 14.9 Å². The van der Waals surface area contributed by atoms with Crippen LogP contribution in [0.2, 0.25) is 0 Å². The molecule has 0 bridgehead atoms. The van der Waals surface area contributed by atoms with E-state index in [-0.39, 0.29) is 27.9 Å². The number of nitro groups is 1. The molecule has 1 unspecified atom stereocenters. The van der Waals surface area contributed by atoms with E-state index in [1.165, 1.54) is 19.4 Å². The van der Waals surface area contributed by atoms with E-state index in [2.05, 4.69) is 9.72 Å². The molecule has 100 valence electrons. The summed E-state index contributed by atoms with van der Waals surface area (Å²) in [7, 11) is 1.28. The number of ether oxygens (including phenoxy) is 1. The Labute approximate surface area is 113 Å². The molecule has 8 heteroatoms. The minimum Gasteiger partial charge on any atom is -0.469 e. The van der Waals surface area contributed by atoms with E-state index in [0.29, 0.717) is 0 Å². The highest BCUT2D eigenvalue weighted by Crippen LogP contribution is 2.31. The molecule has 0 fully saturated rings. The lowest BCUT2D eigenvalue weighted by Crippen LogP contribution is -2.09. The highest BCUT2D eigenvalue weighted by atomic mass is 32.2. The highest BCUT2D eigenvalue weighted by molar-refractivity contribution is 8.00. The molecule has 0 aliphatic heterocycles. The van der Waals surface area contributed by atoms with Crippen LogP contribution in [0.15, 0.2) is 17.3 Å². The molecule has 1 atom stereocenters. The van der Waals surface area contributed by atoms with E-state index < -0.39 is 10.9 Å². The maximum atomic E-state index is 11.1. The van der Waals surface area contributed by atoms with Crippen molar-refractivity contribution < 1.29 is 14.5 Å². The summed E-state index contributed by atoms with van der Waals surface area (Å²) < 4.78 is 4.52. The second kappa shape index (κ2) is 6.70. The smallest absolute Gasteiger partial charge is 0.306 e. The van der Waals surface area contributed by atoms with Crippen LogP contribution in [-0.2, 0) is 9.53 Å². The van der Waals surface area contributed by atoms with Crippen molar-refractivity contribution in [1.29, 1.82) is 5.26 Å². The summed E-state index contributed by atoms with van der Waals surface area (Å²) in [6.45, 7) is 1.74. The number of hydrogen-bond donors (Lipinski definition) is 0. The monoisotopic (exact) mass is 281 g/mol. The first-order valence-corrected chi connectivity index (χ1v) is 6.14. The zero-order valence-electron chi connectivity index (χ0n) is 10.3. The highest BCUT2D eigenvalue weighted by Gasteiger charge is 2.20. The zero-order valence-corrected chi connectivity index (χ0v) is 11.1. The minimum atomic E-state index is -0.596. The predicted octanol–water partition coefficient (Wildman–Crippen LogP) is 1.91. The van der Waals surface area contributed by atoms with Crippen molar-refractivity contribution in [3.8, 4) is 6.07 Å². The number of nitrogens with zero attached hydrogens (tertiary/aromatic N) is 3. The van der Waals surface area contributed by atoms with Gasteiger partial charge in [0.2, 0.25) is 0 Å². The largest absolute Gasteiger partial charge is 0.469 e. The van der Waals surface area contributed by atoms with E-state index in [1.54, 1.807) is 13.0 Å². The average molecular weight is 281 g/mol. The van der Waals surface area contributed by atoms with Gasteiger partial charge in [-0.25, -0.2) is 4.98 Å². The number of carbonyl (C=O) groups excluding carboxylic acids is 1. The lowest BCUT2D eigenvalue weighted by atomic mass is 10.3. The first-order chi connectivity index (χ1) is 8.97. The van der Waals surface area contributed by atoms with Crippen molar-refractivity contribution in [3.05, 3.63) is 27.9 Å². The van der Waals surface area contributed by atoms with Crippen LogP contribution >= 0.6 is 11.8 Å². The van der Waals surface area contributed by atoms with Crippen LogP contribution in [0.1, 0.15) is 18.9 Å². The Balaban J connectivity index is 2.92. The fraction of sp³-hybridized carbons (Fsp3) is 0.364. The second-order valence-electron chi connectivity index (χ2n) is 3.63. The van der Waals surface area contributed by atoms with E-state index >= 15 is 0 Å². The number of pyridine rings is 1. The fourth-order valence-corrected chi connectivity index (χ4v) is 2.24. The van der Waals surface area contributed by atoms with Gasteiger partial charge in [0.1, 0.15) is 6.07 Å². The van der Waals surface area contributed by atoms with E-state index in [1.807, 2.05) is 0 Å². The molecule has 0 aromatic carbocycles. The maximum Gasteiger partial charge on any atom is 0.306 e. The van der Waals surface area contributed by atoms with Crippen LogP contribution in [0, 0.1) is 21.4 Å². The first-order valence-electron chi connectivity index (χ1n) is 5.26. The SMILES string of the molecule is COC(=O)CC(C)Sc1ncc(C#N)cc1[N+](=O)[O-]. The van der Waals surface area contributed by atoms with Gasteiger partial charge in [-0.05, 0) is 0 Å². The number of nitriles is 1. The molecule has 1 heterocycles. The van der Waals surface area contributed by atoms with Gasteiger partial charge in [-0.1, -0.05) is 18.7 Å². The molecule has 19 heavy (non-hydrogen) atoms. The molecule has 0 radical (unpaired) electrons. The van der Waals surface area contributed by atoms with Crippen molar-refractivity contribution in [1.82, 2.24) is 4.98 Å². The second-order valence-corrected chi connectivity index (χ2v) is 5.05. The topological polar surface area (TPSA) is 106 Å². The number of carbonyl (C=O) groups is 1. The Hall–Kier alpha value is -2.14. The fourth-order valence-electron chi connectivity index (χ4n) is 1.27. The normalized spacial score (nSPS) is 11.4. The third-order valence-corrected chi connectivity index (χ3v) is 3.26. The molecule has 0 aliphatic rings. The molecular formula is C11H11N3O4S. The van der Waals surface area contributed by atoms with Gasteiger partial charge < -0.3 is 4.74 Å².